The minimum Gasteiger partial charge on any atom is -0.303 e. The maximum Gasteiger partial charge on any atom is 0.268 e. The van der Waals surface area contributed by atoms with E-state index >= 15 is 0 Å². The molecular weight excluding hydrogens is 380 g/mol. The molecule has 4 rings (SSSR count). The second-order valence-corrected chi connectivity index (χ2v) is 10.2. The first-order valence-electron chi connectivity index (χ1n) is 10.9. The molecule has 1 saturated heterocycles. The number of aryl methyl sites for hydroxylation is 1. The van der Waals surface area contributed by atoms with E-state index in [0.29, 0.717) is 4.90 Å². The SMILES string of the molecule is CCc1c2c(n(S(=O)(=O)c3ccc(C)cc3)c1C)CCC(CCN1CCCC1)=C2. The van der Waals surface area contributed by atoms with Gasteiger partial charge in [0.05, 0.1) is 4.90 Å². The molecule has 0 unspecified atom stereocenters. The lowest BCUT2D eigenvalue weighted by atomic mass is 9.92. The fraction of sp³-hybridized carbons (Fsp3) is 0.500. The van der Waals surface area contributed by atoms with E-state index < -0.39 is 10.0 Å². The maximum atomic E-state index is 13.5. The number of hydrogen-bond acceptors (Lipinski definition) is 3. The average Bonchev–Trinajstić information content (AvgIpc) is 3.31. The fourth-order valence-corrected chi connectivity index (χ4v) is 6.50. The van der Waals surface area contributed by atoms with Crippen LogP contribution >= 0.6 is 0 Å². The zero-order chi connectivity index (χ0) is 20.6. The largest absolute Gasteiger partial charge is 0.303 e. The first-order chi connectivity index (χ1) is 13.9. The summed E-state index contributed by atoms with van der Waals surface area (Å²) in [6, 6.07) is 7.19. The Kier molecular flexibility index (Phi) is 5.71. The molecule has 0 amide bonds. The van der Waals surface area contributed by atoms with Gasteiger partial charge in [-0.05, 0) is 88.7 Å². The van der Waals surface area contributed by atoms with E-state index in [9.17, 15) is 8.42 Å². The van der Waals surface area contributed by atoms with Gasteiger partial charge in [0.2, 0.25) is 0 Å². The third kappa shape index (κ3) is 3.82. The molecular formula is C24H32N2O2S. The Bertz CT molecular complexity index is 1020. The van der Waals surface area contributed by atoms with E-state index in [0.717, 1.165) is 54.7 Å². The van der Waals surface area contributed by atoms with Gasteiger partial charge in [-0.2, -0.15) is 0 Å². The summed E-state index contributed by atoms with van der Waals surface area (Å²) in [5.74, 6) is 0. The van der Waals surface area contributed by atoms with Crippen LogP contribution in [-0.4, -0.2) is 36.9 Å². The Labute approximate surface area is 175 Å². The van der Waals surface area contributed by atoms with Gasteiger partial charge in [-0.25, -0.2) is 12.4 Å². The highest BCUT2D eigenvalue weighted by Crippen LogP contribution is 2.35. The van der Waals surface area contributed by atoms with Crippen molar-refractivity contribution in [2.24, 2.45) is 0 Å². The molecule has 0 bridgehead atoms. The number of aromatic nitrogens is 1. The number of fused-ring (bicyclic) bond motifs is 1. The molecule has 0 radical (unpaired) electrons. The lowest BCUT2D eigenvalue weighted by Crippen LogP contribution is -2.21. The second kappa shape index (κ2) is 8.11. The number of nitrogens with zero attached hydrogens (tertiary/aromatic N) is 2. The van der Waals surface area contributed by atoms with Crippen molar-refractivity contribution in [3.8, 4) is 0 Å². The average molecular weight is 413 g/mol. The van der Waals surface area contributed by atoms with Gasteiger partial charge in [-0.15, -0.1) is 0 Å². The van der Waals surface area contributed by atoms with Gasteiger partial charge in [0, 0.05) is 17.9 Å². The Morgan fingerprint density at radius 1 is 1.00 bits per heavy atom. The van der Waals surface area contributed by atoms with Crippen LogP contribution in [-0.2, 0) is 22.9 Å². The topological polar surface area (TPSA) is 42.3 Å². The predicted molar refractivity (Wildman–Crippen MR) is 119 cm³/mol. The van der Waals surface area contributed by atoms with Gasteiger partial charge in [0.15, 0.2) is 0 Å². The first-order valence-corrected chi connectivity index (χ1v) is 12.3. The Morgan fingerprint density at radius 3 is 2.34 bits per heavy atom. The van der Waals surface area contributed by atoms with Gasteiger partial charge >= 0.3 is 0 Å². The monoisotopic (exact) mass is 412 g/mol. The standard InChI is InChI=1S/C24H32N2O2S/c1-4-22-19(3)26(29(27,28)21-10-7-18(2)8-11-21)24-12-9-20(17-23(22)24)13-16-25-14-5-6-15-25/h7-8,10-11,17H,4-6,9,12-16H2,1-3H3. The van der Waals surface area contributed by atoms with Gasteiger partial charge in [0.25, 0.3) is 10.0 Å². The molecule has 2 aromatic rings. The Hall–Kier alpha value is -1.85. The summed E-state index contributed by atoms with van der Waals surface area (Å²) in [5, 5.41) is 0. The molecule has 1 aliphatic carbocycles. The highest BCUT2D eigenvalue weighted by atomic mass is 32.2. The zero-order valence-electron chi connectivity index (χ0n) is 17.9. The summed E-state index contributed by atoms with van der Waals surface area (Å²) >= 11 is 0. The van der Waals surface area contributed by atoms with Gasteiger partial charge < -0.3 is 4.90 Å². The molecule has 1 aromatic heterocycles. The molecule has 5 heteroatoms. The second-order valence-electron chi connectivity index (χ2n) is 8.46. The predicted octanol–water partition coefficient (Wildman–Crippen LogP) is 4.72. The molecule has 1 aliphatic heterocycles. The van der Waals surface area contributed by atoms with Crippen LogP contribution in [0.15, 0.2) is 34.7 Å². The molecule has 4 nitrogen and oxygen atoms in total. The van der Waals surface area contributed by atoms with Crippen LogP contribution in [0.25, 0.3) is 6.08 Å². The third-order valence-electron chi connectivity index (χ3n) is 6.51. The Balaban J connectivity index is 1.70. The van der Waals surface area contributed by atoms with Crippen molar-refractivity contribution in [2.75, 3.05) is 19.6 Å². The van der Waals surface area contributed by atoms with Crippen LogP contribution in [0.5, 0.6) is 0 Å². The van der Waals surface area contributed by atoms with Crippen molar-refractivity contribution in [2.45, 2.75) is 64.2 Å². The van der Waals surface area contributed by atoms with Crippen molar-refractivity contribution in [1.82, 2.24) is 8.87 Å². The normalized spacial score (nSPS) is 17.4. The van der Waals surface area contributed by atoms with Crippen molar-refractivity contribution in [1.29, 1.82) is 0 Å². The van der Waals surface area contributed by atoms with Crippen molar-refractivity contribution in [3.05, 3.63) is 57.9 Å². The molecule has 0 spiro atoms. The summed E-state index contributed by atoms with van der Waals surface area (Å²) in [6.45, 7) is 9.64. The molecule has 0 N–H and O–H groups in total. The smallest absolute Gasteiger partial charge is 0.268 e. The summed E-state index contributed by atoms with van der Waals surface area (Å²) in [7, 11) is -3.58. The van der Waals surface area contributed by atoms with Crippen LogP contribution in [0.1, 0.15) is 60.7 Å². The molecule has 0 atom stereocenters. The highest BCUT2D eigenvalue weighted by Gasteiger charge is 2.29. The summed E-state index contributed by atoms with van der Waals surface area (Å²) < 4.78 is 28.6. The van der Waals surface area contributed by atoms with Crippen molar-refractivity contribution < 1.29 is 8.42 Å². The highest BCUT2D eigenvalue weighted by molar-refractivity contribution is 7.90. The van der Waals surface area contributed by atoms with Crippen molar-refractivity contribution in [3.63, 3.8) is 0 Å². The van der Waals surface area contributed by atoms with Gasteiger partial charge in [-0.1, -0.05) is 36.3 Å². The number of likely N-dealkylation sites (tertiary alicyclic amines) is 1. The molecule has 1 aromatic carbocycles. The minimum absolute atomic E-state index is 0.371. The lowest BCUT2D eigenvalue weighted by Gasteiger charge is -2.20. The van der Waals surface area contributed by atoms with Crippen molar-refractivity contribution >= 4 is 16.1 Å². The molecule has 1 fully saturated rings. The number of rotatable bonds is 6. The molecule has 29 heavy (non-hydrogen) atoms. The van der Waals surface area contributed by atoms with E-state index in [1.807, 2.05) is 26.0 Å². The van der Waals surface area contributed by atoms with E-state index in [-0.39, 0.29) is 0 Å². The van der Waals surface area contributed by atoms with E-state index in [1.165, 1.54) is 37.1 Å². The maximum absolute atomic E-state index is 13.5. The molecule has 0 saturated carbocycles. The minimum atomic E-state index is -3.58. The van der Waals surface area contributed by atoms with Crippen LogP contribution in [0.2, 0.25) is 0 Å². The third-order valence-corrected chi connectivity index (χ3v) is 8.36. The summed E-state index contributed by atoms with van der Waals surface area (Å²) in [6.07, 6.45) is 8.63. The first kappa shape index (κ1) is 20.4. The molecule has 2 heterocycles. The molecule has 156 valence electrons. The van der Waals surface area contributed by atoms with Crippen LogP contribution in [0.4, 0.5) is 0 Å². The molecule has 2 aliphatic rings. The van der Waals surface area contributed by atoms with E-state index in [4.69, 9.17) is 0 Å². The number of hydrogen-bond donors (Lipinski definition) is 0. The fourth-order valence-electron chi connectivity index (χ4n) is 4.86. The van der Waals surface area contributed by atoms with Crippen LogP contribution in [0.3, 0.4) is 0 Å². The van der Waals surface area contributed by atoms with E-state index in [1.54, 1.807) is 16.1 Å². The quantitative estimate of drug-likeness (QED) is 0.689. The summed E-state index contributed by atoms with van der Waals surface area (Å²) in [4.78, 5) is 2.92. The van der Waals surface area contributed by atoms with Gasteiger partial charge in [0.1, 0.15) is 0 Å². The lowest BCUT2D eigenvalue weighted by molar-refractivity contribution is 0.342. The van der Waals surface area contributed by atoms with Crippen LogP contribution < -0.4 is 0 Å². The van der Waals surface area contributed by atoms with Gasteiger partial charge in [-0.3, -0.25) is 0 Å². The zero-order valence-corrected chi connectivity index (χ0v) is 18.7. The van der Waals surface area contributed by atoms with E-state index in [2.05, 4.69) is 17.9 Å². The summed E-state index contributed by atoms with van der Waals surface area (Å²) in [5.41, 5.74) is 6.69. The number of benzene rings is 1. The Morgan fingerprint density at radius 2 is 1.69 bits per heavy atom. The van der Waals surface area contributed by atoms with Crippen LogP contribution in [0, 0.1) is 13.8 Å².